The third kappa shape index (κ3) is 3.88. The van der Waals surface area contributed by atoms with E-state index in [1.807, 2.05) is 0 Å². The number of rotatable bonds is 5. The highest BCUT2D eigenvalue weighted by molar-refractivity contribution is 8.15. The van der Waals surface area contributed by atoms with E-state index >= 15 is 4.39 Å². The van der Waals surface area contributed by atoms with Crippen molar-refractivity contribution in [2.45, 2.75) is 23.6 Å². The Balaban J connectivity index is 1.82. The summed E-state index contributed by atoms with van der Waals surface area (Å²) in [6.07, 6.45) is 1.57. The zero-order chi connectivity index (χ0) is 24.8. The third-order valence-corrected chi connectivity index (χ3v) is 7.72. The highest BCUT2D eigenvalue weighted by Crippen LogP contribution is 2.66. The molecule has 178 valence electrons. The van der Waals surface area contributed by atoms with Crippen molar-refractivity contribution in [1.82, 2.24) is 10.3 Å². The Labute approximate surface area is 203 Å². The lowest BCUT2D eigenvalue weighted by atomic mass is 9.84. The van der Waals surface area contributed by atoms with E-state index in [9.17, 15) is 19.5 Å². The number of methoxy groups -OCH3 is 1. The minimum Gasteiger partial charge on any atom is -0.480 e. The number of amidine groups is 1. The summed E-state index contributed by atoms with van der Waals surface area (Å²) in [5.41, 5.74) is -1.62. The molecular formula is C22H20ClFN4O5S. The van der Waals surface area contributed by atoms with Crippen LogP contribution in [0.4, 0.5) is 10.1 Å². The number of fused-ring (bicyclic) bond motifs is 1. The lowest BCUT2D eigenvalue weighted by molar-refractivity contribution is -0.137. The van der Waals surface area contributed by atoms with E-state index in [0.717, 1.165) is 24.9 Å². The molecule has 0 bridgehead atoms. The van der Waals surface area contributed by atoms with Crippen molar-refractivity contribution < 1.29 is 28.6 Å². The van der Waals surface area contributed by atoms with Crippen LogP contribution in [0.5, 0.6) is 0 Å². The number of hydrogen-bond donors (Lipinski definition) is 3. The summed E-state index contributed by atoms with van der Waals surface area (Å²) in [5, 5.41) is 16.0. The first kappa shape index (κ1) is 24.0. The molecule has 0 saturated heterocycles. The molecule has 0 radical (unpaired) electrons. The number of carboxylic acid groups (broad SMARTS) is 1. The predicted octanol–water partition coefficient (Wildman–Crippen LogP) is 3.29. The molecule has 3 N–H and O–H groups in total. The van der Waals surface area contributed by atoms with Crippen LogP contribution in [0.25, 0.3) is 0 Å². The van der Waals surface area contributed by atoms with E-state index in [1.54, 1.807) is 14.0 Å². The van der Waals surface area contributed by atoms with Gasteiger partial charge < -0.3 is 20.5 Å². The van der Waals surface area contributed by atoms with Crippen molar-refractivity contribution in [2.75, 3.05) is 19.5 Å². The van der Waals surface area contributed by atoms with Crippen LogP contribution in [0.1, 0.15) is 39.8 Å². The van der Waals surface area contributed by atoms with Gasteiger partial charge in [0.2, 0.25) is 0 Å². The Bertz CT molecular complexity index is 1240. The molecule has 12 heteroatoms. The van der Waals surface area contributed by atoms with Gasteiger partial charge >= 0.3 is 11.9 Å². The molecule has 1 saturated carbocycles. The summed E-state index contributed by atoms with van der Waals surface area (Å²) >= 11 is 6.90. The van der Waals surface area contributed by atoms with Crippen molar-refractivity contribution in [3.05, 3.63) is 58.1 Å². The lowest BCUT2D eigenvalue weighted by Crippen LogP contribution is -2.40. The van der Waals surface area contributed by atoms with Crippen LogP contribution in [-0.2, 0) is 15.1 Å². The molecule has 34 heavy (non-hydrogen) atoms. The Morgan fingerprint density at radius 3 is 2.65 bits per heavy atom. The Morgan fingerprint density at radius 1 is 1.32 bits per heavy atom. The SMILES string of the molecule is CNC1=N[C@](C)(c2cc(NC(=O)c3ccc(Cl)cn3)cc(C(=O)OC)c2F)[C@@H]2C[C@]2(C(=O)O)S1. The van der Waals surface area contributed by atoms with Gasteiger partial charge in [-0.15, -0.1) is 0 Å². The maximum Gasteiger partial charge on any atom is 0.340 e. The number of nitrogens with zero attached hydrogens (tertiary/aromatic N) is 2. The molecule has 1 fully saturated rings. The molecule has 1 aromatic carbocycles. The van der Waals surface area contributed by atoms with Gasteiger partial charge in [-0.05, 0) is 37.6 Å². The fraction of sp³-hybridized carbons (Fsp3) is 0.318. The molecule has 1 amide bonds. The maximum absolute atomic E-state index is 15.7. The first-order valence-electron chi connectivity index (χ1n) is 10.1. The number of anilines is 1. The quantitative estimate of drug-likeness (QED) is 0.527. The fourth-order valence-electron chi connectivity index (χ4n) is 4.16. The van der Waals surface area contributed by atoms with Crippen LogP contribution in [-0.4, -0.2) is 52.0 Å². The number of halogens is 2. The van der Waals surface area contributed by atoms with E-state index in [-0.39, 0.29) is 23.4 Å². The highest BCUT2D eigenvalue weighted by atomic mass is 35.5. The number of thioether (sulfide) groups is 1. The van der Waals surface area contributed by atoms with Crippen molar-refractivity contribution >= 4 is 52.1 Å². The number of aliphatic imine (C=N–C) groups is 1. The van der Waals surface area contributed by atoms with Gasteiger partial charge in [0.15, 0.2) is 5.17 Å². The minimum absolute atomic E-state index is 0.0315. The summed E-state index contributed by atoms with van der Waals surface area (Å²) in [6.45, 7) is 1.62. The van der Waals surface area contributed by atoms with E-state index in [0.29, 0.717) is 10.2 Å². The number of nitrogens with one attached hydrogen (secondary N) is 2. The maximum atomic E-state index is 15.7. The van der Waals surface area contributed by atoms with Crippen LogP contribution in [0.2, 0.25) is 5.02 Å². The first-order valence-corrected chi connectivity index (χ1v) is 11.3. The van der Waals surface area contributed by atoms with Gasteiger partial charge in [0, 0.05) is 30.4 Å². The second-order valence-electron chi connectivity index (χ2n) is 8.06. The molecule has 0 unspecified atom stereocenters. The van der Waals surface area contributed by atoms with Crippen LogP contribution in [0, 0.1) is 11.7 Å². The summed E-state index contributed by atoms with van der Waals surface area (Å²) in [6, 6.07) is 5.41. The van der Waals surface area contributed by atoms with Gasteiger partial charge in [-0.25, -0.2) is 14.2 Å². The zero-order valence-electron chi connectivity index (χ0n) is 18.3. The van der Waals surface area contributed by atoms with Crippen LogP contribution >= 0.6 is 23.4 Å². The molecule has 1 aliphatic carbocycles. The van der Waals surface area contributed by atoms with E-state index < -0.39 is 45.4 Å². The number of esters is 1. The van der Waals surface area contributed by atoms with Crippen molar-refractivity contribution in [3.8, 4) is 0 Å². The summed E-state index contributed by atoms with van der Waals surface area (Å²) in [5.74, 6) is -4.02. The molecule has 1 aliphatic heterocycles. The highest BCUT2D eigenvalue weighted by Gasteiger charge is 2.71. The predicted molar refractivity (Wildman–Crippen MR) is 125 cm³/mol. The third-order valence-electron chi connectivity index (χ3n) is 6.02. The second kappa shape index (κ2) is 8.55. The number of benzene rings is 1. The largest absolute Gasteiger partial charge is 0.480 e. The van der Waals surface area contributed by atoms with Crippen LogP contribution < -0.4 is 10.6 Å². The van der Waals surface area contributed by atoms with Crippen LogP contribution in [0.3, 0.4) is 0 Å². The molecule has 2 aromatic rings. The number of aliphatic carboxylic acids is 1. The molecule has 9 nitrogen and oxygen atoms in total. The van der Waals surface area contributed by atoms with E-state index in [2.05, 4.69) is 20.6 Å². The van der Waals surface area contributed by atoms with E-state index in [1.165, 1.54) is 24.4 Å². The number of aromatic nitrogens is 1. The number of pyridine rings is 1. The summed E-state index contributed by atoms with van der Waals surface area (Å²) < 4.78 is 19.2. The smallest absolute Gasteiger partial charge is 0.340 e. The van der Waals surface area contributed by atoms with Crippen LogP contribution in [0.15, 0.2) is 35.5 Å². The average molecular weight is 507 g/mol. The van der Waals surface area contributed by atoms with Gasteiger partial charge in [-0.2, -0.15) is 0 Å². The fourth-order valence-corrected chi connectivity index (χ4v) is 5.66. The Hall–Kier alpha value is -3.18. The van der Waals surface area contributed by atoms with Crippen molar-refractivity contribution in [2.24, 2.45) is 10.9 Å². The molecular weight excluding hydrogens is 487 g/mol. The van der Waals surface area contributed by atoms with Gasteiger partial charge in [-0.3, -0.25) is 14.6 Å². The molecule has 3 atom stereocenters. The number of ether oxygens (including phenoxy) is 1. The number of carbonyl (C=O) groups excluding carboxylic acids is 2. The molecule has 2 heterocycles. The molecule has 0 spiro atoms. The van der Waals surface area contributed by atoms with Crippen molar-refractivity contribution in [1.29, 1.82) is 0 Å². The number of carboxylic acids is 1. The van der Waals surface area contributed by atoms with Gasteiger partial charge in [0.25, 0.3) is 5.91 Å². The number of amides is 1. The summed E-state index contributed by atoms with van der Waals surface area (Å²) in [7, 11) is 2.70. The Kier molecular flexibility index (Phi) is 6.03. The van der Waals surface area contributed by atoms with E-state index in [4.69, 9.17) is 16.3 Å². The number of carbonyl (C=O) groups is 3. The first-order chi connectivity index (χ1) is 16.1. The topological polar surface area (TPSA) is 130 Å². The average Bonchev–Trinajstić information content (AvgIpc) is 3.57. The molecule has 1 aromatic heterocycles. The summed E-state index contributed by atoms with van der Waals surface area (Å²) in [4.78, 5) is 45.7. The minimum atomic E-state index is -1.33. The lowest BCUT2D eigenvalue weighted by Gasteiger charge is -2.34. The zero-order valence-corrected chi connectivity index (χ0v) is 19.9. The van der Waals surface area contributed by atoms with Crippen molar-refractivity contribution in [3.63, 3.8) is 0 Å². The van der Waals surface area contributed by atoms with Gasteiger partial charge in [0.1, 0.15) is 16.3 Å². The molecule has 4 rings (SSSR count). The Morgan fingerprint density at radius 2 is 2.06 bits per heavy atom. The van der Waals surface area contributed by atoms with Gasteiger partial charge in [-0.1, -0.05) is 23.4 Å². The number of hydrogen-bond acceptors (Lipinski definition) is 8. The molecule has 2 aliphatic rings. The normalized spacial score (nSPS) is 25.0. The standard InChI is InChI=1S/C22H20ClFN4O5S/c1-21(15-8-22(15,19(31)32)34-20(25-2)28-21)13-7-11(6-12(16(13)24)18(30)33-3)27-17(29)14-5-4-10(23)9-26-14/h4-7,9,15H,8H2,1-3H3,(H,25,28)(H,27,29)(H,31,32)/t15-,21+,22-/m0/s1. The second-order valence-corrected chi connectivity index (χ2v) is 9.82. The van der Waals surface area contributed by atoms with Gasteiger partial charge in [0.05, 0.1) is 23.2 Å². The monoisotopic (exact) mass is 506 g/mol.